The number of ether oxygens (including phenoxy) is 3. The molecule has 2 amide bonds. The molecule has 2 heterocycles. The topological polar surface area (TPSA) is 90.0 Å². The molecule has 3 rings (SSSR count). The van der Waals surface area contributed by atoms with Gasteiger partial charge < -0.3 is 24.4 Å². The van der Waals surface area contributed by atoms with Crippen molar-refractivity contribution in [1.82, 2.24) is 15.2 Å². The molecule has 8 nitrogen and oxygen atoms in total. The molecule has 0 spiro atoms. The van der Waals surface area contributed by atoms with Crippen molar-refractivity contribution >= 4 is 11.8 Å². The van der Waals surface area contributed by atoms with Crippen LogP contribution < -0.4 is 14.8 Å². The van der Waals surface area contributed by atoms with Gasteiger partial charge in [-0.3, -0.25) is 14.6 Å². The fourth-order valence-electron chi connectivity index (χ4n) is 3.69. The van der Waals surface area contributed by atoms with Gasteiger partial charge in [-0.25, -0.2) is 0 Å². The third-order valence-electron chi connectivity index (χ3n) is 5.09. The summed E-state index contributed by atoms with van der Waals surface area (Å²) in [4.78, 5) is 32.1. The molecule has 0 unspecified atom stereocenters. The molecular formula is C21H25N3O5. The van der Waals surface area contributed by atoms with Crippen molar-refractivity contribution < 1.29 is 23.8 Å². The molecule has 29 heavy (non-hydrogen) atoms. The number of fused-ring (bicyclic) bond motifs is 1. The predicted molar refractivity (Wildman–Crippen MR) is 106 cm³/mol. The van der Waals surface area contributed by atoms with Crippen LogP contribution in [0, 0.1) is 0 Å². The Hall–Kier alpha value is -3.13. The van der Waals surface area contributed by atoms with Gasteiger partial charge in [0.2, 0.25) is 5.91 Å². The fraction of sp³-hybridized carbons (Fsp3) is 0.381. The lowest BCUT2D eigenvalue weighted by Gasteiger charge is -2.39. The molecule has 0 radical (unpaired) electrons. The lowest BCUT2D eigenvalue weighted by molar-refractivity contribution is -0.124. The minimum absolute atomic E-state index is 0.198. The van der Waals surface area contributed by atoms with E-state index in [1.165, 1.54) is 14.2 Å². The first-order chi connectivity index (χ1) is 14.0. The highest BCUT2D eigenvalue weighted by Gasteiger charge is 2.43. The van der Waals surface area contributed by atoms with E-state index in [0.29, 0.717) is 35.8 Å². The normalized spacial score (nSPS) is 18.2. The third-order valence-corrected chi connectivity index (χ3v) is 5.09. The summed E-state index contributed by atoms with van der Waals surface area (Å²) in [6.45, 7) is 0.759. The second kappa shape index (κ2) is 8.91. The second-order valence-corrected chi connectivity index (χ2v) is 6.70. The van der Waals surface area contributed by atoms with Gasteiger partial charge in [0.15, 0.2) is 11.5 Å². The standard InChI is InChI=1S/C21H25N3O5/c1-24-19(13-6-5-7-22-12-13)18(20(25)23-8-9-27-2)14-10-16(28-3)17(29-4)11-15(14)21(24)26/h5-7,10-12,18-19H,8-9H2,1-4H3,(H,23,25)/t18-,19+/m0/s1. The second-order valence-electron chi connectivity index (χ2n) is 6.70. The van der Waals surface area contributed by atoms with E-state index in [2.05, 4.69) is 10.3 Å². The predicted octanol–water partition coefficient (Wildman–Crippen LogP) is 1.77. The minimum Gasteiger partial charge on any atom is -0.493 e. The maximum Gasteiger partial charge on any atom is 0.254 e. The average Bonchev–Trinajstić information content (AvgIpc) is 2.75. The quantitative estimate of drug-likeness (QED) is 0.714. The van der Waals surface area contributed by atoms with Crippen molar-refractivity contribution in [2.24, 2.45) is 0 Å². The molecule has 8 heteroatoms. The summed E-state index contributed by atoms with van der Waals surface area (Å²) in [5.74, 6) is -0.150. The summed E-state index contributed by atoms with van der Waals surface area (Å²) in [6.07, 6.45) is 3.33. The Morgan fingerprint density at radius 1 is 1.21 bits per heavy atom. The van der Waals surface area contributed by atoms with Crippen LogP contribution in [0.2, 0.25) is 0 Å². The van der Waals surface area contributed by atoms with Gasteiger partial charge in [0.1, 0.15) is 0 Å². The highest BCUT2D eigenvalue weighted by Crippen LogP contribution is 2.45. The molecule has 1 aromatic carbocycles. The van der Waals surface area contributed by atoms with Crippen LogP contribution in [0.15, 0.2) is 36.7 Å². The lowest BCUT2D eigenvalue weighted by Crippen LogP contribution is -2.46. The summed E-state index contributed by atoms with van der Waals surface area (Å²) >= 11 is 0. The Kier molecular flexibility index (Phi) is 6.33. The molecule has 1 aliphatic heterocycles. The molecular weight excluding hydrogens is 374 g/mol. The van der Waals surface area contributed by atoms with Gasteiger partial charge in [-0.05, 0) is 29.3 Å². The van der Waals surface area contributed by atoms with Crippen molar-refractivity contribution in [3.8, 4) is 11.5 Å². The molecule has 0 saturated carbocycles. The van der Waals surface area contributed by atoms with Crippen LogP contribution in [0.5, 0.6) is 11.5 Å². The number of hydrogen-bond acceptors (Lipinski definition) is 6. The van der Waals surface area contributed by atoms with Gasteiger partial charge in [0.25, 0.3) is 5.91 Å². The smallest absolute Gasteiger partial charge is 0.254 e. The molecule has 1 aliphatic rings. The summed E-state index contributed by atoms with van der Waals surface area (Å²) in [6, 6.07) is 6.48. The van der Waals surface area contributed by atoms with Crippen molar-refractivity contribution in [3.63, 3.8) is 0 Å². The van der Waals surface area contributed by atoms with Gasteiger partial charge in [0, 0.05) is 38.7 Å². The largest absolute Gasteiger partial charge is 0.493 e. The van der Waals surface area contributed by atoms with Crippen LogP contribution in [0.1, 0.15) is 33.4 Å². The van der Waals surface area contributed by atoms with Gasteiger partial charge in [0.05, 0.1) is 32.8 Å². The number of methoxy groups -OCH3 is 3. The van der Waals surface area contributed by atoms with Crippen molar-refractivity contribution in [3.05, 3.63) is 53.3 Å². The van der Waals surface area contributed by atoms with Crippen molar-refractivity contribution in [2.75, 3.05) is 41.5 Å². The Bertz CT molecular complexity index is 887. The summed E-state index contributed by atoms with van der Waals surface area (Å²) in [5, 5.41) is 2.90. The maximum absolute atomic E-state index is 13.2. The van der Waals surface area contributed by atoms with E-state index in [1.807, 2.05) is 6.07 Å². The average molecular weight is 399 g/mol. The van der Waals surface area contributed by atoms with Crippen LogP contribution in [0.4, 0.5) is 0 Å². The number of amides is 2. The Morgan fingerprint density at radius 3 is 2.55 bits per heavy atom. The number of nitrogens with one attached hydrogen (secondary N) is 1. The molecule has 2 atom stereocenters. The van der Waals surface area contributed by atoms with Gasteiger partial charge in [-0.15, -0.1) is 0 Å². The minimum atomic E-state index is -0.645. The number of rotatable bonds is 7. The highest BCUT2D eigenvalue weighted by molar-refractivity contribution is 6.02. The number of carbonyl (C=O) groups is 2. The Labute approximate surface area is 169 Å². The van der Waals surface area contributed by atoms with E-state index in [-0.39, 0.29) is 11.8 Å². The van der Waals surface area contributed by atoms with E-state index < -0.39 is 12.0 Å². The number of carbonyl (C=O) groups excluding carboxylic acids is 2. The molecule has 1 N–H and O–H groups in total. The first kappa shape index (κ1) is 20.6. The van der Waals surface area contributed by atoms with E-state index in [9.17, 15) is 9.59 Å². The van der Waals surface area contributed by atoms with Crippen molar-refractivity contribution in [2.45, 2.75) is 12.0 Å². The monoisotopic (exact) mass is 399 g/mol. The number of nitrogens with zero attached hydrogens (tertiary/aromatic N) is 2. The highest BCUT2D eigenvalue weighted by atomic mass is 16.5. The molecule has 0 saturated heterocycles. The van der Waals surface area contributed by atoms with Crippen LogP contribution in [0.3, 0.4) is 0 Å². The van der Waals surface area contributed by atoms with Gasteiger partial charge in [-0.2, -0.15) is 0 Å². The van der Waals surface area contributed by atoms with E-state index in [1.54, 1.807) is 49.7 Å². The SMILES string of the molecule is COCCNC(=O)[C@H]1c2cc(OC)c(OC)cc2C(=O)N(C)[C@@H]1c1cccnc1. The summed E-state index contributed by atoms with van der Waals surface area (Å²) < 4.78 is 15.8. The zero-order valence-electron chi connectivity index (χ0n) is 17.0. The van der Waals surface area contributed by atoms with Gasteiger partial charge >= 0.3 is 0 Å². The van der Waals surface area contributed by atoms with E-state index >= 15 is 0 Å². The molecule has 0 bridgehead atoms. The number of aromatic nitrogens is 1. The first-order valence-corrected chi connectivity index (χ1v) is 9.23. The number of likely N-dealkylation sites (N-methyl/N-ethyl adjacent to an activating group) is 1. The van der Waals surface area contributed by atoms with Gasteiger partial charge in [-0.1, -0.05) is 6.07 Å². The van der Waals surface area contributed by atoms with E-state index in [4.69, 9.17) is 14.2 Å². The Balaban J connectivity index is 2.15. The number of benzene rings is 1. The molecule has 154 valence electrons. The molecule has 0 fully saturated rings. The Morgan fingerprint density at radius 2 is 1.93 bits per heavy atom. The van der Waals surface area contributed by atoms with Crippen molar-refractivity contribution in [1.29, 1.82) is 0 Å². The van der Waals surface area contributed by atoms with Crippen LogP contribution in [-0.4, -0.2) is 63.2 Å². The van der Waals surface area contributed by atoms with Crippen LogP contribution in [0.25, 0.3) is 0 Å². The van der Waals surface area contributed by atoms with E-state index in [0.717, 1.165) is 5.56 Å². The first-order valence-electron chi connectivity index (χ1n) is 9.23. The lowest BCUT2D eigenvalue weighted by atomic mass is 9.79. The molecule has 2 aromatic rings. The number of hydrogen-bond donors (Lipinski definition) is 1. The molecule has 1 aromatic heterocycles. The van der Waals surface area contributed by atoms with Crippen LogP contribution >= 0.6 is 0 Å². The third kappa shape index (κ3) is 3.88. The number of pyridine rings is 1. The summed E-state index contributed by atoms with van der Waals surface area (Å²) in [5.41, 5.74) is 1.78. The maximum atomic E-state index is 13.2. The van der Waals surface area contributed by atoms with Crippen LogP contribution in [-0.2, 0) is 9.53 Å². The zero-order valence-corrected chi connectivity index (χ0v) is 17.0. The summed E-state index contributed by atoms with van der Waals surface area (Å²) in [7, 11) is 6.29. The zero-order chi connectivity index (χ0) is 21.0. The fourth-order valence-corrected chi connectivity index (χ4v) is 3.69. The molecule has 0 aliphatic carbocycles.